The lowest BCUT2D eigenvalue weighted by molar-refractivity contribution is -0.0651. The SMILES string of the molecule is Cc1ccc2c(c1O)C[C@@H](C1CCN(Cc3ccoc3)CC1)O[C@H]2CN. The molecule has 0 bridgehead atoms. The number of hydrogen-bond donors (Lipinski definition) is 2. The van der Waals surface area contributed by atoms with E-state index in [4.69, 9.17) is 14.9 Å². The topological polar surface area (TPSA) is 71.9 Å². The van der Waals surface area contributed by atoms with Gasteiger partial charge in [0.1, 0.15) is 5.75 Å². The van der Waals surface area contributed by atoms with Crippen molar-refractivity contribution < 1.29 is 14.3 Å². The number of likely N-dealkylation sites (tertiary alicyclic amines) is 1. The fourth-order valence-corrected chi connectivity index (χ4v) is 4.40. The first kappa shape index (κ1) is 17.6. The van der Waals surface area contributed by atoms with Crippen molar-refractivity contribution in [3.63, 3.8) is 0 Å². The predicted molar refractivity (Wildman–Crippen MR) is 99.9 cm³/mol. The van der Waals surface area contributed by atoms with Crippen LogP contribution in [0.25, 0.3) is 0 Å². The predicted octanol–water partition coefficient (Wildman–Crippen LogP) is 3.15. The fourth-order valence-electron chi connectivity index (χ4n) is 4.40. The number of benzene rings is 1. The molecule has 1 fully saturated rings. The van der Waals surface area contributed by atoms with Crippen molar-refractivity contribution in [2.24, 2.45) is 11.7 Å². The Hall–Kier alpha value is -1.82. The number of hydrogen-bond acceptors (Lipinski definition) is 5. The highest BCUT2D eigenvalue weighted by Crippen LogP contribution is 2.40. The number of furan rings is 1. The third-order valence-electron chi connectivity index (χ3n) is 5.97. The highest BCUT2D eigenvalue weighted by Gasteiger charge is 2.35. The first-order valence-corrected chi connectivity index (χ1v) is 9.56. The average molecular weight is 356 g/mol. The van der Waals surface area contributed by atoms with Gasteiger partial charge in [0.2, 0.25) is 0 Å². The Bertz CT molecular complexity index is 736. The van der Waals surface area contributed by atoms with Crippen molar-refractivity contribution in [2.75, 3.05) is 19.6 Å². The van der Waals surface area contributed by atoms with Crippen LogP contribution in [-0.4, -0.2) is 35.7 Å². The molecule has 0 spiro atoms. The van der Waals surface area contributed by atoms with Gasteiger partial charge >= 0.3 is 0 Å². The molecule has 5 heteroatoms. The summed E-state index contributed by atoms with van der Waals surface area (Å²) in [5.41, 5.74) is 10.2. The molecule has 0 unspecified atom stereocenters. The van der Waals surface area contributed by atoms with Gasteiger partial charge in [0, 0.05) is 30.6 Å². The maximum absolute atomic E-state index is 10.5. The second-order valence-corrected chi connectivity index (χ2v) is 7.65. The van der Waals surface area contributed by atoms with Crippen LogP contribution in [0.2, 0.25) is 0 Å². The molecule has 2 atom stereocenters. The molecule has 4 rings (SSSR count). The van der Waals surface area contributed by atoms with Gasteiger partial charge in [0.05, 0.1) is 24.7 Å². The molecule has 1 aromatic carbocycles. The summed E-state index contributed by atoms with van der Waals surface area (Å²) in [4.78, 5) is 2.47. The van der Waals surface area contributed by atoms with Crippen molar-refractivity contribution in [2.45, 2.75) is 44.9 Å². The molecule has 2 aliphatic rings. The van der Waals surface area contributed by atoms with Gasteiger partial charge in [0.15, 0.2) is 0 Å². The zero-order valence-electron chi connectivity index (χ0n) is 15.4. The number of phenolic OH excluding ortho intramolecular Hbond substituents is 1. The summed E-state index contributed by atoms with van der Waals surface area (Å²) in [6.45, 7) is 5.48. The highest BCUT2D eigenvalue weighted by atomic mass is 16.5. The summed E-state index contributed by atoms with van der Waals surface area (Å²) >= 11 is 0. The molecule has 1 aromatic heterocycles. The van der Waals surface area contributed by atoms with Gasteiger partial charge in [-0.15, -0.1) is 0 Å². The van der Waals surface area contributed by atoms with Gasteiger partial charge in [0.25, 0.3) is 0 Å². The van der Waals surface area contributed by atoms with Crippen LogP contribution in [0, 0.1) is 12.8 Å². The van der Waals surface area contributed by atoms with Crippen LogP contribution in [0.4, 0.5) is 0 Å². The van der Waals surface area contributed by atoms with Crippen molar-refractivity contribution in [3.8, 4) is 5.75 Å². The largest absolute Gasteiger partial charge is 0.507 e. The quantitative estimate of drug-likeness (QED) is 0.880. The molecule has 3 N–H and O–H groups in total. The van der Waals surface area contributed by atoms with Gasteiger partial charge in [-0.2, -0.15) is 0 Å². The lowest BCUT2D eigenvalue weighted by Gasteiger charge is -2.40. The molecule has 1 saturated heterocycles. The van der Waals surface area contributed by atoms with E-state index in [1.165, 1.54) is 5.56 Å². The van der Waals surface area contributed by atoms with Gasteiger partial charge in [-0.3, -0.25) is 4.90 Å². The fraction of sp³-hybridized carbons (Fsp3) is 0.524. The molecule has 2 aromatic rings. The van der Waals surface area contributed by atoms with Crippen LogP contribution in [-0.2, 0) is 17.7 Å². The standard InChI is InChI=1S/C21H28N2O3/c1-14-2-3-17-18(21(14)24)10-19(26-20(17)11-22)16-4-7-23(8-5-16)12-15-6-9-25-13-15/h2-3,6,9,13,16,19-20,24H,4-5,7-8,10-12,22H2,1H3/t19-,20-/m0/s1. The van der Waals surface area contributed by atoms with Gasteiger partial charge in [-0.1, -0.05) is 12.1 Å². The normalized spacial score (nSPS) is 24.5. The molecule has 0 radical (unpaired) electrons. The first-order valence-electron chi connectivity index (χ1n) is 9.56. The van der Waals surface area contributed by atoms with Crippen molar-refractivity contribution in [1.82, 2.24) is 4.90 Å². The summed E-state index contributed by atoms with van der Waals surface area (Å²) in [7, 11) is 0. The molecular formula is C21H28N2O3. The first-order chi connectivity index (χ1) is 12.7. The Labute approximate surface area is 154 Å². The molecule has 5 nitrogen and oxygen atoms in total. The third-order valence-corrected chi connectivity index (χ3v) is 5.97. The van der Waals surface area contributed by atoms with E-state index in [0.29, 0.717) is 18.2 Å². The van der Waals surface area contributed by atoms with Crippen LogP contribution in [0.15, 0.2) is 35.1 Å². The van der Waals surface area contributed by atoms with E-state index in [1.54, 1.807) is 6.26 Å². The third kappa shape index (κ3) is 3.39. The number of piperidine rings is 1. The lowest BCUT2D eigenvalue weighted by atomic mass is 9.83. The number of nitrogens with two attached hydrogens (primary N) is 1. The van der Waals surface area contributed by atoms with Crippen LogP contribution in [0.1, 0.15) is 41.2 Å². The van der Waals surface area contributed by atoms with Crippen LogP contribution in [0.3, 0.4) is 0 Å². The molecule has 3 heterocycles. The number of nitrogens with zero attached hydrogens (tertiary/aromatic N) is 1. The summed E-state index contributed by atoms with van der Waals surface area (Å²) in [5, 5.41) is 10.5. The van der Waals surface area contributed by atoms with E-state index in [2.05, 4.69) is 11.0 Å². The highest BCUT2D eigenvalue weighted by molar-refractivity contribution is 5.47. The minimum Gasteiger partial charge on any atom is -0.507 e. The van der Waals surface area contributed by atoms with E-state index < -0.39 is 0 Å². The molecule has 0 amide bonds. The summed E-state index contributed by atoms with van der Waals surface area (Å²) < 4.78 is 11.5. The molecule has 140 valence electrons. The second-order valence-electron chi connectivity index (χ2n) is 7.65. The minimum absolute atomic E-state index is 0.112. The second kappa shape index (κ2) is 7.43. The van der Waals surface area contributed by atoms with Crippen molar-refractivity contribution in [3.05, 3.63) is 53.0 Å². The Kier molecular flexibility index (Phi) is 5.02. The van der Waals surface area contributed by atoms with E-state index in [0.717, 1.165) is 55.6 Å². The van der Waals surface area contributed by atoms with Crippen LogP contribution < -0.4 is 5.73 Å². The number of aryl methyl sites for hydroxylation is 1. The summed E-state index contributed by atoms with van der Waals surface area (Å²) in [6.07, 6.45) is 6.59. The average Bonchev–Trinajstić information content (AvgIpc) is 3.17. The van der Waals surface area contributed by atoms with Gasteiger partial charge < -0.3 is 20.0 Å². The Morgan fingerprint density at radius 1 is 1.23 bits per heavy atom. The van der Waals surface area contributed by atoms with Gasteiger partial charge in [-0.05, 0) is 56.0 Å². The molecule has 0 saturated carbocycles. The zero-order chi connectivity index (χ0) is 18.1. The molecule has 26 heavy (non-hydrogen) atoms. The molecule has 0 aliphatic carbocycles. The number of phenols is 1. The van der Waals surface area contributed by atoms with E-state index in [9.17, 15) is 5.11 Å². The minimum atomic E-state index is -0.112. The lowest BCUT2D eigenvalue weighted by Crippen LogP contribution is -2.41. The van der Waals surface area contributed by atoms with Crippen LogP contribution >= 0.6 is 0 Å². The van der Waals surface area contributed by atoms with E-state index in [-0.39, 0.29) is 12.2 Å². The van der Waals surface area contributed by atoms with Crippen molar-refractivity contribution >= 4 is 0 Å². The summed E-state index contributed by atoms with van der Waals surface area (Å²) in [5.74, 6) is 0.935. The maximum atomic E-state index is 10.5. The van der Waals surface area contributed by atoms with Crippen molar-refractivity contribution in [1.29, 1.82) is 0 Å². The van der Waals surface area contributed by atoms with E-state index in [1.807, 2.05) is 25.3 Å². The maximum Gasteiger partial charge on any atom is 0.122 e. The number of fused-ring (bicyclic) bond motifs is 1. The molecular weight excluding hydrogens is 328 g/mol. The Morgan fingerprint density at radius 2 is 2.04 bits per heavy atom. The monoisotopic (exact) mass is 356 g/mol. The van der Waals surface area contributed by atoms with Crippen LogP contribution in [0.5, 0.6) is 5.75 Å². The smallest absolute Gasteiger partial charge is 0.122 e. The Balaban J connectivity index is 1.43. The molecule has 2 aliphatic heterocycles. The number of rotatable bonds is 4. The number of aromatic hydroxyl groups is 1. The van der Waals surface area contributed by atoms with Gasteiger partial charge in [-0.25, -0.2) is 0 Å². The summed E-state index contributed by atoms with van der Waals surface area (Å²) in [6, 6.07) is 6.05. The Morgan fingerprint density at radius 3 is 2.73 bits per heavy atom. The zero-order valence-corrected chi connectivity index (χ0v) is 15.4. The number of ether oxygens (including phenoxy) is 1. The van der Waals surface area contributed by atoms with E-state index >= 15 is 0 Å².